The number of nitrogens with zero attached hydrogens (tertiary/aromatic N) is 3. The van der Waals surface area contributed by atoms with Gasteiger partial charge in [-0.25, -0.2) is 4.98 Å². The highest BCUT2D eigenvalue weighted by Crippen LogP contribution is 2.37. The number of likely N-dealkylation sites (N-methyl/N-ethyl adjacent to an activating group) is 1. The first-order valence-electron chi connectivity index (χ1n) is 10.8. The summed E-state index contributed by atoms with van der Waals surface area (Å²) in [5.74, 6) is 0.727. The lowest BCUT2D eigenvalue weighted by Gasteiger charge is -2.41. The molecule has 0 bridgehead atoms. The van der Waals surface area contributed by atoms with E-state index in [2.05, 4.69) is 58.2 Å². The van der Waals surface area contributed by atoms with Crippen molar-refractivity contribution in [2.24, 2.45) is 5.73 Å². The van der Waals surface area contributed by atoms with Crippen LogP contribution < -0.4 is 10.6 Å². The van der Waals surface area contributed by atoms with E-state index in [9.17, 15) is 5.11 Å². The van der Waals surface area contributed by atoms with E-state index in [-0.39, 0.29) is 18.0 Å². The fourth-order valence-electron chi connectivity index (χ4n) is 4.38. The zero-order valence-corrected chi connectivity index (χ0v) is 18.2. The molecule has 3 aromatic rings. The number of piperazine rings is 1. The Balaban J connectivity index is 0.000000176. The van der Waals surface area contributed by atoms with Gasteiger partial charge in [-0.15, -0.1) is 0 Å². The molecule has 5 rings (SSSR count). The van der Waals surface area contributed by atoms with Crippen molar-refractivity contribution in [3.8, 4) is 11.5 Å². The Bertz CT molecular complexity index is 1070. The average Bonchev–Trinajstić information content (AvgIpc) is 2.95. The van der Waals surface area contributed by atoms with Crippen LogP contribution in [0, 0.1) is 0 Å². The first-order chi connectivity index (χ1) is 15.5. The summed E-state index contributed by atoms with van der Waals surface area (Å²) in [6.07, 6.45) is 2.12. The van der Waals surface area contributed by atoms with Gasteiger partial charge in [0.25, 0.3) is 0 Å². The minimum absolute atomic E-state index is 0.0875. The summed E-state index contributed by atoms with van der Waals surface area (Å²) >= 11 is 0. The predicted molar refractivity (Wildman–Crippen MR) is 125 cm³/mol. The fraction of sp³-hybridized carbons (Fsp3) is 0.320. The number of aromatic nitrogens is 1. The topological polar surface area (TPSA) is 106 Å². The molecule has 168 valence electrons. The summed E-state index contributed by atoms with van der Waals surface area (Å²) in [6, 6.07) is 17.7. The molecule has 7 heteroatoms. The summed E-state index contributed by atoms with van der Waals surface area (Å²) in [6.45, 7) is 3.32. The largest absolute Gasteiger partial charge is 0.504 e. The molecule has 1 fully saturated rings. The Kier molecular flexibility index (Phi) is 6.60. The fourth-order valence-corrected chi connectivity index (χ4v) is 4.38. The lowest BCUT2D eigenvalue weighted by atomic mass is 9.96. The molecule has 0 saturated carbocycles. The standard InChI is InChI=1S/C17H19N3.C8H11NO3/c1-19-9-10-20-16(12-19)15-7-3-2-5-13(15)11-14-6-4-8-18-17(14)20;9-4-8(12)5-1-2-6(10)7(11)3-5/h2-8,16H,9-12H2,1H3;1-3,8,10-12H,4,9H2. The Morgan fingerprint density at radius 2 is 1.81 bits per heavy atom. The molecule has 2 atom stereocenters. The zero-order valence-electron chi connectivity index (χ0n) is 18.2. The number of anilines is 1. The van der Waals surface area contributed by atoms with Gasteiger partial charge in [0.05, 0.1) is 12.1 Å². The molecule has 5 N–H and O–H groups in total. The number of hydrogen-bond acceptors (Lipinski definition) is 7. The smallest absolute Gasteiger partial charge is 0.157 e. The lowest BCUT2D eigenvalue weighted by Crippen LogP contribution is -2.47. The van der Waals surface area contributed by atoms with Crippen LogP contribution in [-0.4, -0.2) is 58.4 Å². The van der Waals surface area contributed by atoms with Crippen LogP contribution >= 0.6 is 0 Å². The highest BCUT2D eigenvalue weighted by Gasteiger charge is 2.32. The second-order valence-electron chi connectivity index (χ2n) is 8.33. The third-order valence-electron chi connectivity index (χ3n) is 6.13. The van der Waals surface area contributed by atoms with Gasteiger partial charge in [-0.2, -0.15) is 0 Å². The molecular weight excluding hydrogens is 404 g/mol. The minimum atomic E-state index is -0.795. The monoisotopic (exact) mass is 434 g/mol. The number of aliphatic hydroxyl groups excluding tert-OH is 1. The molecule has 7 nitrogen and oxygen atoms in total. The second kappa shape index (κ2) is 9.56. The zero-order chi connectivity index (χ0) is 22.7. The van der Waals surface area contributed by atoms with Gasteiger partial charge in [-0.1, -0.05) is 36.4 Å². The highest BCUT2D eigenvalue weighted by molar-refractivity contribution is 5.56. The first kappa shape index (κ1) is 22.1. The van der Waals surface area contributed by atoms with Crippen molar-refractivity contribution in [2.45, 2.75) is 18.6 Å². The van der Waals surface area contributed by atoms with E-state index >= 15 is 0 Å². The molecule has 2 aliphatic rings. The van der Waals surface area contributed by atoms with E-state index in [0.29, 0.717) is 11.6 Å². The summed E-state index contributed by atoms with van der Waals surface area (Å²) in [5, 5.41) is 27.2. The van der Waals surface area contributed by atoms with Crippen LogP contribution in [0.15, 0.2) is 60.8 Å². The maximum atomic E-state index is 9.23. The number of rotatable bonds is 2. The molecular formula is C25H30N4O3. The third kappa shape index (κ3) is 4.55. The van der Waals surface area contributed by atoms with E-state index < -0.39 is 6.10 Å². The van der Waals surface area contributed by atoms with Crippen molar-refractivity contribution in [2.75, 3.05) is 38.1 Å². The van der Waals surface area contributed by atoms with Crippen LogP contribution in [0.4, 0.5) is 5.82 Å². The Hall–Kier alpha value is -3.13. The molecule has 0 spiro atoms. The van der Waals surface area contributed by atoms with E-state index in [1.807, 2.05) is 6.20 Å². The highest BCUT2D eigenvalue weighted by atomic mass is 16.3. The molecule has 2 aromatic carbocycles. The molecule has 1 aromatic heterocycles. The number of phenols is 2. The number of aliphatic hydroxyl groups is 1. The maximum Gasteiger partial charge on any atom is 0.157 e. The van der Waals surface area contributed by atoms with Gasteiger partial charge in [-0.05, 0) is 47.5 Å². The van der Waals surface area contributed by atoms with Gasteiger partial charge >= 0.3 is 0 Å². The van der Waals surface area contributed by atoms with Crippen molar-refractivity contribution < 1.29 is 15.3 Å². The summed E-state index contributed by atoms with van der Waals surface area (Å²) < 4.78 is 0. The van der Waals surface area contributed by atoms with Crippen molar-refractivity contribution in [3.05, 3.63) is 83.0 Å². The molecule has 0 amide bonds. The van der Waals surface area contributed by atoms with Crippen molar-refractivity contribution in [1.29, 1.82) is 0 Å². The Morgan fingerprint density at radius 3 is 2.59 bits per heavy atom. The van der Waals surface area contributed by atoms with Crippen molar-refractivity contribution >= 4 is 5.82 Å². The minimum Gasteiger partial charge on any atom is -0.504 e. The van der Waals surface area contributed by atoms with Crippen molar-refractivity contribution in [1.82, 2.24) is 9.88 Å². The number of hydrogen-bond donors (Lipinski definition) is 4. The van der Waals surface area contributed by atoms with Crippen LogP contribution in [0.3, 0.4) is 0 Å². The van der Waals surface area contributed by atoms with E-state index in [4.69, 9.17) is 15.9 Å². The van der Waals surface area contributed by atoms with E-state index in [1.54, 1.807) is 0 Å². The van der Waals surface area contributed by atoms with Gasteiger partial charge in [0, 0.05) is 38.8 Å². The summed E-state index contributed by atoms with van der Waals surface area (Å²) in [5.41, 5.74) is 9.96. The Morgan fingerprint density at radius 1 is 1.03 bits per heavy atom. The quantitative estimate of drug-likeness (QED) is 0.459. The number of fused-ring (bicyclic) bond motifs is 5. The number of benzene rings is 2. The molecule has 0 radical (unpaired) electrons. The van der Waals surface area contributed by atoms with Gasteiger partial charge in [0.1, 0.15) is 5.82 Å². The second-order valence-corrected chi connectivity index (χ2v) is 8.33. The van der Waals surface area contributed by atoms with E-state index in [1.165, 1.54) is 40.7 Å². The average molecular weight is 435 g/mol. The summed E-state index contributed by atoms with van der Waals surface area (Å²) in [7, 11) is 2.21. The lowest BCUT2D eigenvalue weighted by molar-refractivity contribution is 0.186. The van der Waals surface area contributed by atoms with Gasteiger partial charge < -0.3 is 30.9 Å². The van der Waals surface area contributed by atoms with Crippen LogP contribution in [0.25, 0.3) is 0 Å². The molecule has 0 aliphatic carbocycles. The molecule has 3 heterocycles. The SMILES string of the molecule is CN1CCN2c3ncccc3Cc3ccccc3C2C1.NCC(O)c1ccc(O)c(O)c1. The Labute approximate surface area is 188 Å². The molecule has 32 heavy (non-hydrogen) atoms. The normalized spacial score (nSPS) is 18.3. The number of nitrogens with two attached hydrogens (primary N) is 1. The van der Waals surface area contributed by atoms with Gasteiger partial charge in [0.15, 0.2) is 11.5 Å². The van der Waals surface area contributed by atoms with Gasteiger partial charge in [0.2, 0.25) is 0 Å². The summed E-state index contributed by atoms with van der Waals surface area (Å²) in [4.78, 5) is 9.60. The number of pyridine rings is 1. The molecule has 1 saturated heterocycles. The van der Waals surface area contributed by atoms with Crippen LogP contribution in [-0.2, 0) is 6.42 Å². The number of phenolic OH excluding ortho intramolecular Hbond substituents is 2. The molecule has 2 unspecified atom stereocenters. The predicted octanol–water partition coefficient (Wildman–Crippen LogP) is 2.57. The van der Waals surface area contributed by atoms with Crippen LogP contribution in [0.2, 0.25) is 0 Å². The van der Waals surface area contributed by atoms with Gasteiger partial charge in [-0.3, -0.25) is 0 Å². The van der Waals surface area contributed by atoms with Crippen molar-refractivity contribution in [3.63, 3.8) is 0 Å². The molecule has 2 aliphatic heterocycles. The number of aromatic hydroxyl groups is 2. The van der Waals surface area contributed by atoms with Crippen LogP contribution in [0.5, 0.6) is 11.5 Å². The third-order valence-corrected chi connectivity index (χ3v) is 6.13. The van der Waals surface area contributed by atoms with E-state index in [0.717, 1.165) is 26.1 Å². The first-order valence-corrected chi connectivity index (χ1v) is 10.8. The van der Waals surface area contributed by atoms with Crippen LogP contribution in [0.1, 0.15) is 34.4 Å². The maximum absolute atomic E-state index is 9.23.